The van der Waals surface area contributed by atoms with E-state index in [-0.39, 0.29) is 18.8 Å². The van der Waals surface area contributed by atoms with Crippen molar-refractivity contribution in [3.05, 3.63) is 48.0 Å². The van der Waals surface area contributed by atoms with Crippen LogP contribution >= 0.6 is 0 Å². The van der Waals surface area contributed by atoms with Gasteiger partial charge in [-0.05, 0) is 23.8 Å². The number of carbonyl (C=O) groups is 2. The number of carbonyl (C=O) groups excluding carboxylic acids is 2. The predicted molar refractivity (Wildman–Crippen MR) is 75.5 cm³/mol. The van der Waals surface area contributed by atoms with Crippen molar-refractivity contribution in [1.82, 2.24) is 0 Å². The van der Waals surface area contributed by atoms with E-state index in [0.717, 1.165) is 10.8 Å². The first-order chi connectivity index (χ1) is 9.61. The largest absolute Gasteiger partial charge is 0.464 e. The Labute approximate surface area is 117 Å². The molecule has 0 radical (unpaired) electrons. The van der Waals surface area contributed by atoms with Crippen LogP contribution in [-0.2, 0) is 9.53 Å². The topological polar surface area (TPSA) is 63.6 Å². The van der Waals surface area contributed by atoms with Crippen molar-refractivity contribution in [2.45, 2.75) is 19.4 Å². The van der Waals surface area contributed by atoms with Crippen LogP contribution in [0.4, 0.5) is 0 Å². The van der Waals surface area contributed by atoms with E-state index < -0.39 is 12.1 Å². The minimum atomic E-state index is -1.41. The molecule has 0 aliphatic heterocycles. The summed E-state index contributed by atoms with van der Waals surface area (Å²) in [6.45, 7) is 1.83. The smallest absolute Gasteiger partial charge is 0.335 e. The lowest BCUT2D eigenvalue weighted by Crippen LogP contribution is -2.26. The summed E-state index contributed by atoms with van der Waals surface area (Å²) >= 11 is 0. The Balaban J connectivity index is 2.13. The number of esters is 1. The van der Waals surface area contributed by atoms with Crippen molar-refractivity contribution in [2.24, 2.45) is 0 Å². The second-order valence-corrected chi connectivity index (χ2v) is 4.46. The highest BCUT2D eigenvalue weighted by Gasteiger charge is 2.20. The molecule has 1 unspecified atom stereocenters. The molecule has 1 atom stereocenters. The summed E-state index contributed by atoms with van der Waals surface area (Å²) in [7, 11) is 0. The molecule has 20 heavy (non-hydrogen) atoms. The molecule has 4 heteroatoms. The fourth-order valence-corrected chi connectivity index (χ4v) is 1.98. The highest BCUT2D eigenvalue weighted by atomic mass is 16.5. The van der Waals surface area contributed by atoms with Crippen LogP contribution in [0.3, 0.4) is 0 Å². The average Bonchev–Trinajstić information content (AvgIpc) is 2.46. The number of aliphatic hydroxyl groups excluding tert-OH is 1. The summed E-state index contributed by atoms with van der Waals surface area (Å²) in [5.74, 6) is -1.04. The lowest BCUT2D eigenvalue weighted by atomic mass is 10.0. The summed E-state index contributed by atoms with van der Waals surface area (Å²) < 4.78 is 4.67. The first-order valence-corrected chi connectivity index (χ1v) is 6.48. The molecular formula is C16H16O4. The molecule has 0 amide bonds. The summed E-state index contributed by atoms with van der Waals surface area (Å²) in [6, 6.07) is 13.0. The molecular weight excluding hydrogens is 256 g/mol. The van der Waals surface area contributed by atoms with Gasteiger partial charge >= 0.3 is 5.97 Å². The van der Waals surface area contributed by atoms with Gasteiger partial charge in [0.05, 0.1) is 6.61 Å². The quantitative estimate of drug-likeness (QED) is 0.670. The predicted octanol–water partition coefficient (Wildman–Crippen LogP) is 2.34. The third-order valence-corrected chi connectivity index (χ3v) is 3.01. The Morgan fingerprint density at radius 3 is 2.55 bits per heavy atom. The van der Waals surface area contributed by atoms with Gasteiger partial charge in [-0.15, -0.1) is 0 Å². The van der Waals surface area contributed by atoms with Gasteiger partial charge in [-0.3, -0.25) is 4.79 Å². The van der Waals surface area contributed by atoms with Crippen molar-refractivity contribution >= 4 is 22.5 Å². The first-order valence-electron chi connectivity index (χ1n) is 6.48. The van der Waals surface area contributed by atoms with Gasteiger partial charge in [-0.2, -0.15) is 0 Å². The van der Waals surface area contributed by atoms with Gasteiger partial charge in [0.1, 0.15) is 0 Å². The van der Waals surface area contributed by atoms with Crippen LogP contribution in [0, 0.1) is 0 Å². The summed E-state index contributed by atoms with van der Waals surface area (Å²) in [6.07, 6.45) is -1.68. The molecule has 0 heterocycles. The van der Waals surface area contributed by atoms with Crippen molar-refractivity contribution in [1.29, 1.82) is 0 Å². The molecule has 2 aromatic rings. The van der Waals surface area contributed by atoms with Gasteiger partial charge in [0, 0.05) is 12.0 Å². The Morgan fingerprint density at radius 1 is 1.15 bits per heavy atom. The Bertz CT molecular complexity index is 633. The Hall–Kier alpha value is -2.20. The van der Waals surface area contributed by atoms with Crippen LogP contribution < -0.4 is 0 Å². The van der Waals surface area contributed by atoms with Crippen LogP contribution in [0.5, 0.6) is 0 Å². The van der Waals surface area contributed by atoms with Gasteiger partial charge in [0.15, 0.2) is 11.9 Å². The van der Waals surface area contributed by atoms with E-state index in [1.54, 1.807) is 19.1 Å². The van der Waals surface area contributed by atoms with Crippen LogP contribution in [0.25, 0.3) is 10.8 Å². The van der Waals surface area contributed by atoms with E-state index in [1.165, 1.54) is 0 Å². The number of hydrogen-bond acceptors (Lipinski definition) is 4. The highest BCUT2D eigenvalue weighted by Crippen LogP contribution is 2.17. The fourth-order valence-electron chi connectivity index (χ4n) is 1.98. The number of hydrogen-bond donors (Lipinski definition) is 1. The van der Waals surface area contributed by atoms with Gasteiger partial charge in [0.2, 0.25) is 0 Å². The summed E-state index contributed by atoms with van der Waals surface area (Å²) in [4.78, 5) is 23.3. The number of rotatable bonds is 5. The molecule has 0 aliphatic rings. The standard InChI is InChI=1S/C16H16O4/c1-2-20-16(19)15(18)10-14(17)13-8-7-11-5-3-4-6-12(11)9-13/h3-9,15,18H,2,10H2,1H3. The maximum atomic E-state index is 12.0. The molecule has 0 fully saturated rings. The number of aliphatic hydroxyl groups is 1. The zero-order chi connectivity index (χ0) is 14.5. The Morgan fingerprint density at radius 2 is 1.85 bits per heavy atom. The maximum Gasteiger partial charge on any atom is 0.335 e. The van der Waals surface area contributed by atoms with Crippen molar-refractivity contribution in [2.75, 3.05) is 6.61 Å². The van der Waals surface area contributed by atoms with E-state index in [4.69, 9.17) is 0 Å². The molecule has 104 valence electrons. The molecule has 0 aliphatic carbocycles. The third-order valence-electron chi connectivity index (χ3n) is 3.01. The minimum Gasteiger partial charge on any atom is -0.464 e. The van der Waals surface area contributed by atoms with Gasteiger partial charge < -0.3 is 9.84 Å². The van der Waals surface area contributed by atoms with Crippen LogP contribution in [0.1, 0.15) is 23.7 Å². The van der Waals surface area contributed by atoms with E-state index in [9.17, 15) is 14.7 Å². The van der Waals surface area contributed by atoms with E-state index >= 15 is 0 Å². The number of benzene rings is 2. The molecule has 2 aromatic carbocycles. The Kier molecular flexibility index (Phi) is 4.48. The molecule has 0 bridgehead atoms. The summed E-state index contributed by atoms with van der Waals surface area (Å²) in [5, 5.41) is 11.6. The molecule has 4 nitrogen and oxygen atoms in total. The second-order valence-electron chi connectivity index (χ2n) is 4.46. The molecule has 2 rings (SSSR count). The lowest BCUT2D eigenvalue weighted by Gasteiger charge is -2.09. The van der Waals surface area contributed by atoms with Gasteiger partial charge in [-0.1, -0.05) is 36.4 Å². The van der Waals surface area contributed by atoms with Crippen molar-refractivity contribution < 1.29 is 19.4 Å². The van der Waals surface area contributed by atoms with Crippen molar-refractivity contribution in [3.63, 3.8) is 0 Å². The second kappa shape index (κ2) is 6.30. The normalized spacial score (nSPS) is 12.1. The van der Waals surface area contributed by atoms with E-state index in [0.29, 0.717) is 5.56 Å². The minimum absolute atomic E-state index is 0.181. The zero-order valence-corrected chi connectivity index (χ0v) is 11.2. The monoisotopic (exact) mass is 272 g/mol. The summed E-state index contributed by atoms with van der Waals surface area (Å²) in [5.41, 5.74) is 0.479. The van der Waals surface area contributed by atoms with E-state index in [2.05, 4.69) is 4.74 Å². The number of Topliss-reactive ketones (excluding diaryl/α,β-unsaturated/α-hetero) is 1. The lowest BCUT2D eigenvalue weighted by molar-refractivity contribution is -0.152. The fraction of sp³-hybridized carbons (Fsp3) is 0.250. The molecule has 1 N–H and O–H groups in total. The molecule has 0 saturated carbocycles. The highest BCUT2D eigenvalue weighted by molar-refractivity contribution is 6.01. The van der Waals surface area contributed by atoms with Crippen LogP contribution in [-0.4, -0.2) is 29.6 Å². The first kappa shape index (κ1) is 14.2. The van der Waals surface area contributed by atoms with E-state index in [1.807, 2.05) is 30.3 Å². The van der Waals surface area contributed by atoms with Crippen LogP contribution in [0.2, 0.25) is 0 Å². The number of fused-ring (bicyclic) bond motifs is 1. The third kappa shape index (κ3) is 3.22. The van der Waals surface area contributed by atoms with Crippen LogP contribution in [0.15, 0.2) is 42.5 Å². The van der Waals surface area contributed by atoms with Crippen molar-refractivity contribution in [3.8, 4) is 0 Å². The average molecular weight is 272 g/mol. The molecule has 0 spiro atoms. The molecule has 0 aromatic heterocycles. The van der Waals surface area contributed by atoms with Gasteiger partial charge in [-0.25, -0.2) is 4.79 Å². The number of ether oxygens (including phenoxy) is 1. The van der Waals surface area contributed by atoms with Gasteiger partial charge in [0.25, 0.3) is 0 Å². The molecule has 0 saturated heterocycles. The maximum absolute atomic E-state index is 12.0. The SMILES string of the molecule is CCOC(=O)C(O)CC(=O)c1ccc2ccccc2c1. The number of ketones is 1. The zero-order valence-electron chi connectivity index (χ0n) is 11.2.